The number of allylic oxidation sites excluding steroid dienone is 1. The number of hydrogen-bond acceptors (Lipinski definition) is 4. The molecular weight excluding hydrogens is 208 g/mol. The molecule has 80 valence electrons. The number of nitrogens with zero attached hydrogens (tertiary/aromatic N) is 1. The molecule has 1 N–H and O–H groups in total. The predicted molar refractivity (Wildman–Crippen MR) is 65.1 cm³/mol. The molecule has 1 heterocycles. The first-order valence-corrected chi connectivity index (χ1v) is 4.97. The first kappa shape index (κ1) is 11.8. The van der Waals surface area contributed by atoms with E-state index in [1.165, 1.54) is 0 Å². The van der Waals surface area contributed by atoms with Crippen LogP contribution >= 0.6 is 12.6 Å². The van der Waals surface area contributed by atoms with E-state index in [4.69, 9.17) is 10.1 Å². The van der Waals surface area contributed by atoms with Crippen LogP contribution in [0.5, 0.6) is 5.75 Å². The van der Waals surface area contributed by atoms with Crippen LogP contribution in [0.2, 0.25) is 0 Å². The van der Waals surface area contributed by atoms with Crippen LogP contribution in [0.3, 0.4) is 0 Å². The van der Waals surface area contributed by atoms with Crippen LogP contribution in [-0.2, 0) is 0 Å². The third kappa shape index (κ3) is 3.40. The lowest BCUT2D eigenvalue weighted by Crippen LogP contribution is -2.06. The van der Waals surface area contributed by atoms with Crippen LogP contribution in [0.1, 0.15) is 19.5 Å². The number of nitrogens with one attached hydrogen (secondary N) is 1. The Morgan fingerprint density at radius 2 is 2.27 bits per heavy atom. The molecule has 0 aromatic carbocycles. The van der Waals surface area contributed by atoms with E-state index >= 15 is 0 Å². The maximum atomic E-state index is 7.23. The van der Waals surface area contributed by atoms with Gasteiger partial charge in [-0.05, 0) is 25.5 Å². The van der Waals surface area contributed by atoms with Gasteiger partial charge < -0.3 is 10.1 Å². The van der Waals surface area contributed by atoms with Crippen LogP contribution in [0.4, 0.5) is 0 Å². The smallest absolute Gasteiger partial charge is 0.139 e. The lowest BCUT2D eigenvalue weighted by atomic mass is 10.2. The van der Waals surface area contributed by atoms with E-state index in [9.17, 15) is 0 Å². The first-order chi connectivity index (χ1) is 7.00. The third-order valence-electron chi connectivity index (χ3n) is 1.70. The molecule has 1 aromatic heterocycles. The van der Waals surface area contributed by atoms with Crippen molar-refractivity contribution in [3.8, 4) is 5.75 Å². The Labute approximate surface area is 95.1 Å². The molecule has 0 amide bonds. The molecule has 0 radical (unpaired) electrons. The molecule has 1 rings (SSSR count). The van der Waals surface area contributed by atoms with Gasteiger partial charge in [0, 0.05) is 10.6 Å². The van der Waals surface area contributed by atoms with Gasteiger partial charge in [0.1, 0.15) is 12.4 Å². The summed E-state index contributed by atoms with van der Waals surface area (Å²) in [5.74, 6) is 0.622. The predicted octanol–water partition coefficient (Wildman–Crippen LogP) is 2.82. The molecule has 0 fully saturated rings. The lowest BCUT2D eigenvalue weighted by Gasteiger charge is -2.07. The van der Waals surface area contributed by atoms with Gasteiger partial charge in [-0.25, -0.2) is 0 Å². The third-order valence-corrected chi connectivity index (χ3v) is 2.04. The summed E-state index contributed by atoms with van der Waals surface area (Å²) in [6, 6.07) is 1.78. The molecule has 1 aromatic rings. The second-order valence-electron chi connectivity index (χ2n) is 3.39. The van der Waals surface area contributed by atoms with Crippen molar-refractivity contribution in [1.29, 1.82) is 5.41 Å². The summed E-state index contributed by atoms with van der Waals surface area (Å²) in [5.41, 5.74) is 2.12. The summed E-state index contributed by atoms with van der Waals surface area (Å²) in [4.78, 5) is 4.92. The minimum absolute atomic E-state index is 0.279. The number of pyridine rings is 1. The van der Waals surface area contributed by atoms with E-state index in [1.807, 2.05) is 6.92 Å². The number of rotatable bonds is 4. The Balaban J connectivity index is 2.82. The van der Waals surface area contributed by atoms with Gasteiger partial charge in [0.25, 0.3) is 0 Å². The Morgan fingerprint density at radius 1 is 1.60 bits per heavy atom. The fraction of sp³-hybridized carbons (Fsp3) is 0.273. The summed E-state index contributed by atoms with van der Waals surface area (Å²) >= 11 is 4.29. The highest BCUT2D eigenvalue weighted by Crippen LogP contribution is 2.22. The van der Waals surface area contributed by atoms with Crippen LogP contribution in [0, 0.1) is 5.41 Å². The second-order valence-corrected chi connectivity index (χ2v) is 3.87. The molecule has 4 heteroatoms. The first-order valence-electron chi connectivity index (χ1n) is 4.52. The monoisotopic (exact) mass is 222 g/mol. The Morgan fingerprint density at radius 3 is 2.73 bits per heavy atom. The maximum Gasteiger partial charge on any atom is 0.139 e. The van der Waals surface area contributed by atoms with E-state index in [0.29, 0.717) is 11.5 Å². The van der Waals surface area contributed by atoms with Crippen molar-refractivity contribution in [2.75, 3.05) is 6.61 Å². The van der Waals surface area contributed by atoms with E-state index in [1.54, 1.807) is 19.2 Å². The van der Waals surface area contributed by atoms with Crippen molar-refractivity contribution in [3.63, 3.8) is 0 Å². The highest BCUT2D eigenvalue weighted by Gasteiger charge is 2.03. The van der Waals surface area contributed by atoms with Crippen molar-refractivity contribution in [2.24, 2.45) is 0 Å². The molecule has 0 aliphatic carbocycles. The van der Waals surface area contributed by atoms with E-state index in [-0.39, 0.29) is 6.61 Å². The van der Waals surface area contributed by atoms with Gasteiger partial charge in [0.2, 0.25) is 0 Å². The summed E-state index contributed by atoms with van der Waals surface area (Å²) in [5, 5.41) is 7.23. The number of aromatic nitrogens is 1. The van der Waals surface area contributed by atoms with Crippen LogP contribution in [-0.4, -0.2) is 17.3 Å². The molecule has 0 aliphatic rings. The Hall–Kier alpha value is -1.29. The second kappa shape index (κ2) is 4.98. The normalized spacial score (nSPS) is 9.80. The summed E-state index contributed by atoms with van der Waals surface area (Å²) in [6.45, 7) is 7.65. The minimum atomic E-state index is 0.279. The average molecular weight is 222 g/mol. The highest BCUT2D eigenvalue weighted by molar-refractivity contribution is 7.80. The molecule has 0 spiro atoms. The molecule has 0 aliphatic heterocycles. The highest BCUT2D eigenvalue weighted by atomic mass is 32.1. The quantitative estimate of drug-likeness (QED) is 0.608. The molecule has 0 atom stereocenters. The molecule has 15 heavy (non-hydrogen) atoms. The number of ether oxygens (including phenoxy) is 1. The van der Waals surface area contributed by atoms with Gasteiger partial charge in [0.05, 0.1) is 11.9 Å². The van der Waals surface area contributed by atoms with Gasteiger partial charge >= 0.3 is 0 Å². The van der Waals surface area contributed by atoms with Crippen LogP contribution in [0.25, 0.3) is 5.57 Å². The average Bonchev–Trinajstić information content (AvgIpc) is 2.14. The van der Waals surface area contributed by atoms with E-state index < -0.39 is 0 Å². The summed E-state index contributed by atoms with van der Waals surface area (Å²) in [7, 11) is 0. The van der Waals surface area contributed by atoms with Crippen molar-refractivity contribution in [1.82, 2.24) is 4.98 Å². The van der Waals surface area contributed by atoms with Crippen molar-refractivity contribution < 1.29 is 4.74 Å². The lowest BCUT2D eigenvalue weighted by molar-refractivity contribution is 0.372. The maximum absolute atomic E-state index is 7.23. The number of thiol groups is 1. The zero-order valence-electron chi connectivity index (χ0n) is 8.87. The molecule has 0 saturated carbocycles. The van der Waals surface area contributed by atoms with Crippen molar-refractivity contribution in [2.45, 2.75) is 18.7 Å². The minimum Gasteiger partial charge on any atom is -0.486 e. The Kier molecular flexibility index (Phi) is 3.91. The van der Waals surface area contributed by atoms with Crippen molar-refractivity contribution in [3.05, 3.63) is 24.5 Å². The van der Waals surface area contributed by atoms with Gasteiger partial charge in [-0.15, -0.1) is 12.6 Å². The molecular formula is C11H14N2OS. The topological polar surface area (TPSA) is 46.0 Å². The fourth-order valence-corrected chi connectivity index (χ4v) is 1.41. The van der Waals surface area contributed by atoms with Gasteiger partial charge in [-0.1, -0.05) is 6.58 Å². The van der Waals surface area contributed by atoms with E-state index in [0.717, 1.165) is 16.2 Å². The molecule has 0 unspecified atom stereocenters. The molecule has 0 saturated heterocycles. The van der Waals surface area contributed by atoms with Crippen LogP contribution in [0.15, 0.2) is 23.7 Å². The summed E-state index contributed by atoms with van der Waals surface area (Å²) in [6.07, 6.45) is 1.62. The zero-order valence-corrected chi connectivity index (χ0v) is 9.77. The van der Waals surface area contributed by atoms with Gasteiger partial charge in [-0.2, -0.15) is 0 Å². The van der Waals surface area contributed by atoms with Crippen LogP contribution < -0.4 is 4.74 Å². The number of hydrogen-bond donors (Lipinski definition) is 2. The SMILES string of the molecule is C=C(C)c1ncc(OCC(C)=N)cc1S. The molecule has 3 nitrogen and oxygen atoms in total. The van der Waals surface area contributed by atoms with E-state index in [2.05, 4.69) is 24.2 Å². The van der Waals surface area contributed by atoms with Gasteiger partial charge in [0.15, 0.2) is 0 Å². The summed E-state index contributed by atoms with van der Waals surface area (Å²) < 4.78 is 5.32. The standard InChI is InChI=1S/C11H14N2OS/c1-7(2)11-10(15)4-9(5-13-11)14-6-8(3)12/h4-5,12,15H,1,6H2,2-3H3. The van der Waals surface area contributed by atoms with Gasteiger partial charge in [-0.3, -0.25) is 4.98 Å². The zero-order chi connectivity index (χ0) is 11.4. The Bertz CT molecular complexity index is 402. The molecule has 0 bridgehead atoms. The fourth-order valence-electron chi connectivity index (χ4n) is 1.03. The largest absolute Gasteiger partial charge is 0.486 e. The van der Waals surface area contributed by atoms with Crippen molar-refractivity contribution >= 4 is 23.9 Å².